The fourth-order valence-electron chi connectivity index (χ4n) is 2.96. The molecule has 28 heavy (non-hydrogen) atoms. The van der Waals surface area contributed by atoms with Crippen molar-refractivity contribution >= 4 is 52.1 Å². The molecule has 0 bridgehead atoms. The number of para-hydroxylation sites is 1. The second kappa shape index (κ2) is 8.32. The Kier molecular flexibility index (Phi) is 5.86. The average Bonchev–Trinajstić information content (AvgIpc) is 3.02. The van der Waals surface area contributed by atoms with E-state index >= 15 is 0 Å². The number of thiocarbonyl (C=S) groups is 1. The molecule has 146 valence electrons. The van der Waals surface area contributed by atoms with Gasteiger partial charge in [0.1, 0.15) is 12.1 Å². The molecule has 3 rings (SSSR count). The van der Waals surface area contributed by atoms with Crippen LogP contribution in [-0.4, -0.2) is 59.7 Å². The van der Waals surface area contributed by atoms with Crippen molar-refractivity contribution in [2.45, 2.75) is 6.54 Å². The molecule has 1 aliphatic heterocycles. The monoisotopic (exact) mass is 401 g/mol. The summed E-state index contributed by atoms with van der Waals surface area (Å²) in [5, 5.41) is 3.38. The highest BCUT2D eigenvalue weighted by atomic mass is 32.1. The van der Waals surface area contributed by atoms with Crippen LogP contribution in [0.25, 0.3) is 17.0 Å². The van der Waals surface area contributed by atoms with E-state index < -0.39 is 17.8 Å². The molecule has 8 nitrogen and oxygen atoms in total. The van der Waals surface area contributed by atoms with Crippen molar-refractivity contribution in [3.8, 4) is 0 Å². The molecule has 0 aliphatic carbocycles. The molecule has 2 heterocycles. The highest BCUT2D eigenvalue weighted by molar-refractivity contribution is 7.80. The van der Waals surface area contributed by atoms with E-state index in [2.05, 4.69) is 5.32 Å². The highest BCUT2D eigenvalue weighted by Crippen LogP contribution is 2.25. The Morgan fingerprint density at radius 3 is 2.71 bits per heavy atom. The molecule has 0 unspecified atom stereocenters. The molecule has 1 aliphatic rings. The Morgan fingerprint density at radius 1 is 1.25 bits per heavy atom. The summed E-state index contributed by atoms with van der Waals surface area (Å²) in [6, 6.07) is 7.39. The van der Waals surface area contributed by atoms with Gasteiger partial charge >= 0.3 is 5.97 Å². The van der Waals surface area contributed by atoms with Crippen molar-refractivity contribution in [1.82, 2.24) is 14.8 Å². The van der Waals surface area contributed by atoms with Gasteiger partial charge in [0, 0.05) is 29.8 Å². The number of amides is 2. The standard InChI is InChI=1S/C19H19N3O5S/c1-26-8-7-22-18(25)14(17(24)20-19(22)28)9-12-10-21(11-16(23)27-2)15-6-4-3-5-13(12)15/h3-6,9-10H,7-8,11H2,1-2H3,(H,20,24,28)/b14-9+. The second-order valence-corrected chi connectivity index (χ2v) is 6.46. The number of methoxy groups -OCH3 is 2. The minimum absolute atomic E-state index is 0.0182. The summed E-state index contributed by atoms with van der Waals surface area (Å²) >= 11 is 5.09. The summed E-state index contributed by atoms with van der Waals surface area (Å²) < 4.78 is 11.4. The fourth-order valence-corrected chi connectivity index (χ4v) is 3.23. The largest absolute Gasteiger partial charge is 0.468 e. The van der Waals surface area contributed by atoms with E-state index in [0.29, 0.717) is 5.56 Å². The van der Waals surface area contributed by atoms with Gasteiger partial charge in [-0.1, -0.05) is 18.2 Å². The Morgan fingerprint density at radius 2 is 2.00 bits per heavy atom. The molecule has 0 radical (unpaired) electrons. The number of hydrogen-bond acceptors (Lipinski definition) is 6. The van der Waals surface area contributed by atoms with Gasteiger partial charge in [-0.15, -0.1) is 0 Å². The molecule has 2 aromatic rings. The van der Waals surface area contributed by atoms with E-state index in [9.17, 15) is 14.4 Å². The predicted molar refractivity (Wildman–Crippen MR) is 106 cm³/mol. The molecule has 0 spiro atoms. The topological polar surface area (TPSA) is 89.9 Å². The molecule has 1 aromatic carbocycles. The van der Waals surface area contributed by atoms with E-state index in [4.69, 9.17) is 21.7 Å². The van der Waals surface area contributed by atoms with Crippen molar-refractivity contribution in [3.05, 3.63) is 41.6 Å². The lowest BCUT2D eigenvalue weighted by Gasteiger charge is -2.28. The lowest BCUT2D eigenvalue weighted by molar-refractivity contribution is -0.141. The molecule has 0 saturated carbocycles. The van der Waals surface area contributed by atoms with Gasteiger partial charge in [0.15, 0.2) is 5.11 Å². The Hall–Kier alpha value is -3.04. The van der Waals surface area contributed by atoms with E-state index in [1.54, 1.807) is 10.8 Å². The van der Waals surface area contributed by atoms with Gasteiger partial charge in [0.25, 0.3) is 11.8 Å². The van der Waals surface area contributed by atoms with Gasteiger partial charge in [-0.05, 0) is 24.4 Å². The minimum Gasteiger partial charge on any atom is -0.468 e. The third-order valence-corrected chi connectivity index (χ3v) is 4.67. The van der Waals surface area contributed by atoms with Gasteiger partial charge < -0.3 is 14.0 Å². The maximum Gasteiger partial charge on any atom is 0.325 e. The van der Waals surface area contributed by atoms with Crippen molar-refractivity contribution in [2.75, 3.05) is 27.4 Å². The van der Waals surface area contributed by atoms with Crippen LogP contribution in [-0.2, 0) is 30.4 Å². The first-order chi connectivity index (χ1) is 13.5. The smallest absolute Gasteiger partial charge is 0.325 e. The lowest BCUT2D eigenvalue weighted by atomic mass is 10.1. The number of aromatic nitrogens is 1. The molecular formula is C19H19N3O5S. The molecule has 0 atom stereocenters. The van der Waals surface area contributed by atoms with Gasteiger partial charge in [0.05, 0.1) is 20.3 Å². The van der Waals surface area contributed by atoms with Crippen molar-refractivity contribution in [1.29, 1.82) is 0 Å². The van der Waals surface area contributed by atoms with Gasteiger partial charge in [-0.3, -0.25) is 24.6 Å². The Bertz CT molecular complexity index is 995. The van der Waals surface area contributed by atoms with Gasteiger partial charge in [0.2, 0.25) is 0 Å². The number of esters is 1. The summed E-state index contributed by atoms with van der Waals surface area (Å²) in [6.07, 6.45) is 3.22. The van der Waals surface area contributed by atoms with Crippen LogP contribution in [0, 0.1) is 0 Å². The number of hydrogen-bond donors (Lipinski definition) is 1. The summed E-state index contributed by atoms with van der Waals surface area (Å²) in [7, 11) is 2.84. The summed E-state index contributed by atoms with van der Waals surface area (Å²) in [5.74, 6) is -1.45. The number of nitrogens with one attached hydrogen (secondary N) is 1. The zero-order valence-electron chi connectivity index (χ0n) is 15.4. The van der Waals surface area contributed by atoms with E-state index in [1.807, 2.05) is 24.3 Å². The predicted octanol–water partition coefficient (Wildman–Crippen LogP) is 1.09. The molecule has 1 fully saturated rings. The first kappa shape index (κ1) is 19.7. The van der Waals surface area contributed by atoms with E-state index in [-0.39, 0.29) is 30.4 Å². The number of benzene rings is 1. The Balaban J connectivity index is 2.03. The quantitative estimate of drug-likeness (QED) is 0.337. The zero-order valence-corrected chi connectivity index (χ0v) is 16.2. The summed E-state index contributed by atoms with van der Waals surface area (Å²) in [6.45, 7) is 0.535. The highest BCUT2D eigenvalue weighted by Gasteiger charge is 2.33. The number of carbonyl (C=O) groups excluding carboxylic acids is 3. The van der Waals surface area contributed by atoms with Gasteiger partial charge in [-0.2, -0.15) is 0 Å². The summed E-state index contributed by atoms with van der Waals surface area (Å²) in [4.78, 5) is 38.2. The van der Waals surface area contributed by atoms with Crippen molar-refractivity contribution in [3.63, 3.8) is 0 Å². The zero-order chi connectivity index (χ0) is 20.3. The number of carbonyl (C=O) groups is 3. The van der Waals surface area contributed by atoms with Crippen molar-refractivity contribution < 1.29 is 23.9 Å². The van der Waals surface area contributed by atoms with Crippen LogP contribution >= 0.6 is 12.2 Å². The number of nitrogens with zero attached hydrogens (tertiary/aromatic N) is 2. The van der Waals surface area contributed by atoms with Crippen LogP contribution in [0.15, 0.2) is 36.0 Å². The second-order valence-electron chi connectivity index (χ2n) is 6.07. The Labute approximate surface area is 166 Å². The van der Waals surface area contributed by atoms with Crippen LogP contribution < -0.4 is 5.32 Å². The van der Waals surface area contributed by atoms with Crippen molar-refractivity contribution in [2.24, 2.45) is 0 Å². The molecule has 1 saturated heterocycles. The van der Waals surface area contributed by atoms with Crippen LogP contribution in [0.3, 0.4) is 0 Å². The molecule has 9 heteroatoms. The maximum absolute atomic E-state index is 12.8. The van der Waals surface area contributed by atoms with E-state index in [0.717, 1.165) is 10.9 Å². The SMILES string of the molecule is COCCN1C(=O)/C(=C/c2cn(CC(=O)OC)c3ccccc23)C(=O)NC1=S. The van der Waals surface area contributed by atoms with Crippen LogP contribution in [0.4, 0.5) is 0 Å². The lowest BCUT2D eigenvalue weighted by Crippen LogP contribution is -2.54. The maximum atomic E-state index is 12.8. The van der Waals surface area contributed by atoms with Crippen LogP contribution in [0.5, 0.6) is 0 Å². The first-order valence-corrected chi connectivity index (χ1v) is 8.89. The molecule has 1 aromatic heterocycles. The molecule has 1 N–H and O–H groups in total. The number of rotatable bonds is 6. The number of fused-ring (bicyclic) bond motifs is 1. The third kappa shape index (κ3) is 3.80. The minimum atomic E-state index is -0.562. The third-order valence-electron chi connectivity index (χ3n) is 4.35. The molecular weight excluding hydrogens is 382 g/mol. The van der Waals surface area contributed by atoms with Gasteiger partial charge in [-0.25, -0.2) is 0 Å². The number of ether oxygens (including phenoxy) is 2. The molecule has 2 amide bonds. The fraction of sp³-hybridized carbons (Fsp3) is 0.263. The van der Waals surface area contributed by atoms with Crippen LogP contribution in [0.1, 0.15) is 5.56 Å². The van der Waals surface area contributed by atoms with E-state index in [1.165, 1.54) is 25.2 Å². The summed E-state index contributed by atoms with van der Waals surface area (Å²) in [5.41, 5.74) is 1.39. The normalized spacial score (nSPS) is 16.0. The van der Waals surface area contributed by atoms with Crippen LogP contribution in [0.2, 0.25) is 0 Å². The average molecular weight is 401 g/mol. The first-order valence-electron chi connectivity index (χ1n) is 8.48.